The number of nitrogens with one attached hydrogen (secondary N) is 1. The quantitative estimate of drug-likeness (QED) is 0.727. The van der Waals surface area contributed by atoms with E-state index in [0.717, 1.165) is 0 Å². The number of nitrogens with zero attached hydrogens (tertiary/aromatic N) is 2. The van der Waals surface area contributed by atoms with Gasteiger partial charge in [0.15, 0.2) is 0 Å². The molecule has 5 nitrogen and oxygen atoms in total. The van der Waals surface area contributed by atoms with Gasteiger partial charge in [0.1, 0.15) is 10.6 Å². The smallest absolute Gasteiger partial charge is 0.262 e. The third-order valence-corrected chi connectivity index (χ3v) is 5.96. The van der Waals surface area contributed by atoms with Crippen molar-refractivity contribution in [3.05, 3.63) is 62.8 Å². The Morgan fingerprint density at radius 1 is 1.33 bits per heavy atom. The summed E-state index contributed by atoms with van der Waals surface area (Å²) >= 11 is 1.20. The van der Waals surface area contributed by atoms with E-state index in [1.807, 2.05) is 20.8 Å². The van der Waals surface area contributed by atoms with Crippen molar-refractivity contribution >= 4 is 27.5 Å². The number of halogens is 1. The Kier molecular flexibility index (Phi) is 5.15. The first-order valence-corrected chi connectivity index (χ1v) is 9.59. The summed E-state index contributed by atoms with van der Waals surface area (Å²) in [4.78, 5) is 30.6. The predicted octanol–water partition coefficient (Wildman–Crippen LogP) is 3.63. The minimum absolute atomic E-state index is 0.137. The van der Waals surface area contributed by atoms with E-state index in [9.17, 15) is 14.0 Å². The van der Waals surface area contributed by atoms with Crippen LogP contribution in [0.15, 0.2) is 35.4 Å². The second kappa shape index (κ2) is 7.23. The first-order chi connectivity index (χ1) is 12.8. The molecule has 3 aromatic rings. The largest absolute Gasteiger partial charge is 0.350 e. The molecule has 1 N–H and O–H groups in total. The molecular weight excluding hydrogens is 365 g/mol. The van der Waals surface area contributed by atoms with E-state index >= 15 is 0 Å². The van der Waals surface area contributed by atoms with Crippen LogP contribution in [0.5, 0.6) is 0 Å². The lowest BCUT2D eigenvalue weighted by molar-refractivity contribution is 0.0949. The van der Waals surface area contributed by atoms with E-state index in [-0.39, 0.29) is 23.8 Å². The molecular formula is C20H22FN3O2S. The Balaban J connectivity index is 1.87. The number of carbonyl (C=O) groups is 1. The van der Waals surface area contributed by atoms with Gasteiger partial charge in [0, 0.05) is 18.5 Å². The summed E-state index contributed by atoms with van der Waals surface area (Å²) in [6.45, 7) is 8.19. The van der Waals surface area contributed by atoms with Crippen LogP contribution in [-0.2, 0) is 12.0 Å². The zero-order valence-electron chi connectivity index (χ0n) is 15.8. The van der Waals surface area contributed by atoms with Crippen molar-refractivity contribution in [1.82, 2.24) is 14.9 Å². The van der Waals surface area contributed by atoms with Crippen LogP contribution in [0.25, 0.3) is 10.2 Å². The summed E-state index contributed by atoms with van der Waals surface area (Å²) in [7, 11) is 0. The molecule has 0 saturated heterocycles. The van der Waals surface area contributed by atoms with Gasteiger partial charge in [-0.2, -0.15) is 0 Å². The van der Waals surface area contributed by atoms with Gasteiger partial charge in [-0.05, 0) is 31.0 Å². The molecule has 2 heterocycles. The average Bonchev–Trinajstić information content (AvgIpc) is 2.98. The fraction of sp³-hybridized carbons (Fsp3) is 0.350. The maximum Gasteiger partial charge on any atom is 0.262 e. The van der Waals surface area contributed by atoms with Crippen LogP contribution in [0.3, 0.4) is 0 Å². The maximum atomic E-state index is 14.1. The molecule has 27 heavy (non-hydrogen) atoms. The number of carbonyl (C=O) groups excluding carboxylic acids is 1. The van der Waals surface area contributed by atoms with Crippen molar-refractivity contribution in [1.29, 1.82) is 0 Å². The Morgan fingerprint density at radius 2 is 2.04 bits per heavy atom. The zero-order chi connectivity index (χ0) is 19.8. The van der Waals surface area contributed by atoms with E-state index in [4.69, 9.17) is 0 Å². The molecule has 2 aromatic heterocycles. The number of benzene rings is 1. The van der Waals surface area contributed by atoms with Crippen molar-refractivity contribution in [3.8, 4) is 0 Å². The van der Waals surface area contributed by atoms with Gasteiger partial charge >= 0.3 is 0 Å². The molecule has 142 valence electrons. The number of hydrogen-bond acceptors (Lipinski definition) is 4. The number of fused-ring (bicyclic) bond motifs is 1. The van der Waals surface area contributed by atoms with Crippen molar-refractivity contribution in [2.24, 2.45) is 0 Å². The standard InChI is InChI=1S/C20H22FN3O2S/c1-5-24-11-23-18-15(19(24)26)12(2)16(27-18)17(25)22-10-20(3,4)13-8-6-7-9-14(13)21/h6-9,11H,5,10H2,1-4H3,(H,22,25). The Labute approximate surface area is 160 Å². The molecule has 0 spiro atoms. The second-order valence-corrected chi connectivity index (χ2v) is 8.12. The van der Waals surface area contributed by atoms with Gasteiger partial charge in [-0.1, -0.05) is 32.0 Å². The highest BCUT2D eigenvalue weighted by Gasteiger charge is 2.26. The summed E-state index contributed by atoms with van der Waals surface area (Å²) in [6, 6.07) is 6.56. The molecule has 0 bridgehead atoms. The van der Waals surface area contributed by atoms with Crippen LogP contribution in [0, 0.1) is 12.7 Å². The van der Waals surface area contributed by atoms with Crippen LogP contribution in [0.2, 0.25) is 0 Å². The number of hydrogen-bond donors (Lipinski definition) is 1. The van der Waals surface area contributed by atoms with Crippen LogP contribution < -0.4 is 10.9 Å². The highest BCUT2D eigenvalue weighted by molar-refractivity contribution is 7.20. The van der Waals surface area contributed by atoms with E-state index in [0.29, 0.717) is 32.8 Å². The Bertz CT molecular complexity index is 1070. The molecule has 1 amide bonds. The summed E-state index contributed by atoms with van der Waals surface area (Å²) in [6.07, 6.45) is 1.50. The van der Waals surface area contributed by atoms with E-state index < -0.39 is 5.41 Å². The molecule has 0 radical (unpaired) electrons. The molecule has 3 rings (SSSR count). The number of amides is 1. The lowest BCUT2D eigenvalue weighted by atomic mass is 9.84. The molecule has 0 unspecified atom stereocenters. The molecule has 0 aliphatic carbocycles. The van der Waals surface area contributed by atoms with Gasteiger partial charge in [0.05, 0.1) is 16.6 Å². The lowest BCUT2D eigenvalue weighted by Gasteiger charge is -2.26. The predicted molar refractivity (Wildman–Crippen MR) is 106 cm³/mol. The first kappa shape index (κ1) is 19.2. The summed E-state index contributed by atoms with van der Waals surface area (Å²) in [5.41, 5.74) is 0.475. The van der Waals surface area contributed by atoms with Crippen LogP contribution in [0.1, 0.15) is 41.6 Å². The summed E-state index contributed by atoms with van der Waals surface area (Å²) < 4.78 is 15.6. The number of aryl methyl sites for hydroxylation is 2. The van der Waals surface area contributed by atoms with Crippen molar-refractivity contribution < 1.29 is 9.18 Å². The molecule has 0 saturated carbocycles. The normalized spacial score (nSPS) is 11.7. The first-order valence-electron chi connectivity index (χ1n) is 8.78. The molecule has 1 aromatic carbocycles. The molecule has 0 atom stereocenters. The molecule has 7 heteroatoms. The highest BCUT2D eigenvalue weighted by Crippen LogP contribution is 2.28. The fourth-order valence-electron chi connectivity index (χ4n) is 3.09. The van der Waals surface area contributed by atoms with Crippen LogP contribution >= 0.6 is 11.3 Å². The Hall–Kier alpha value is -2.54. The number of aromatic nitrogens is 2. The minimum Gasteiger partial charge on any atom is -0.350 e. The lowest BCUT2D eigenvalue weighted by Crippen LogP contribution is -2.37. The third-order valence-electron chi connectivity index (χ3n) is 4.76. The second-order valence-electron chi connectivity index (χ2n) is 7.12. The molecule has 0 fully saturated rings. The van der Waals surface area contributed by atoms with Crippen molar-refractivity contribution in [2.45, 2.75) is 39.7 Å². The van der Waals surface area contributed by atoms with E-state index in [1.54, 1.807) is 25.1 Å². The van der Waals surface area contributed by atoms with E-state index in [1.165, 1.54) is 28.3 Å². The highest BCUT2D eigenvalue weighted by atomic mass is 32.1. The van der Waals surface area contributed by atoms with Crippen molar-refractivity contribution in [3.63, 3.8) is 0 Å². The zero-order valence-corrected chi connectivity index (χ0v) is 16.6. The van der Waals surface area contributed by atoms with Gasteiger partial charge in [0.25, 0.3) is 11.5 Å². The van der Waals surface area contributed by atoms with E-state index in [2.05, 4.69) is 10.3 Å². The third kappa shape index (κ3) is 3.51. The Morgan fingerprint density at radius 3 is 2.70 bits per heavy atom. The van der Waals surface area contributed by atoms with Gasteiger partial charge < -0.3 is 5.32 Å². The van der Waals surface area contributed by atoms with Gasteiger partial charge in [-0.15, -0.1) is 11.3 Å². The molecule has 0 aliphatic heterocycles. The minimum atomic E-state index is -0.571. The van der Waals surface area contributed by atoms with Gasteiger partial charge in [-0.25, -0.2) is 9.37 Å². The SMILES string of the molecule is CCn1cnc2sc(C(=O)NCC(C)(C)c3ccccc3F)c(C)c2c1=O. The topological polar surface area (TPSA) is 64.0 Å². The van der Waals surface area contributed by atoms with Crippen molar-refractivity contribution in [2.75, 3.05) is 6.54 Å². The summed E-state index contributed by atoms with van der Waals surface area (Å²) in [5, 5.41) is 3.37. The van der Waals surface area contributed by atoms with Gasteiger partial charge in [0.2, 0.25) is 0 Å². The summed E-state index contributed by atoms with van der Waals surface area (Å²) in [5.74, 6) is -0.568. The fourth-order valence-corrected chi connectivity index (χ4v) is 4.14. The average molecular weight is 387 g/mol. The van der Waals surface area contributed by atoms with Gasteiger partial charge in [-0.3, -0.25) is 14.2 Å². The monoisotopic (exact) mass is 387 g/mol. The van der Waals surface area contributed by atoms with Crippen LogP contribution in [-0.4, -0.2) is 22.0 Å². The maximum absolute atomic E-state index is 14.1. The van der Waals surface area contributed by atoms with Crippen LogP contribution in [0.4, 0.5) is 4.39 Å². The number of rotatable bonds is 5. The molecule has 0 aliphatic rings. The number of thiophene rings is 1.